The predicted molar refractivity (Wildman–Crippen MR) is 92.5 cm³/mol. The fourth-order valence-electron chi connectivity index (χ4n) is 2.92. The molecule has 2 aromatic rings. The molecule has 0 aliphatic carbocycles. The molecular formula is C16H18BrN3S. The van der Waals surface area contributed by atoms with Crippen molar-refractivity contribution in [2.24, 2.45) is 10.7 Å². The minimum absolute atomic E-state index is 0.141. The van der Waals surface area contributed by atoms with E-state index in [4.69, 9.17) is 5.73 Å². The number of rotatable bonds is 4. The summed E-state index contributed by atoms with van der Waals surface area (Å²) < 4.78 is 1.09. The van der Waals surface area contributed by atoms with Crippen LogP contribution < -0.4 is 5.73 Å². The second kappa shape index (κ2) is 5.81. The van der Waals surface area contributed by atoms with Crippen LogP contribution in [0.3, 0.4) is 0 Å². The zero-order chi connectivity index (χ0) is 14.9. The smallest absolute Gasteiger partial charge is 0.192 e. The molecule has 5 heteroatoms. The number of benzene rings is 1. The summed E-state index contributed by atoms with van der Waals surface area (Å²) in [6, 6.07) is 12.7. The first-order valence-corrected chi connectivity index (χ1v) is 8.69. The van der Waals surface area contributed by atoms with Gasteiger partial charge in [0.2, 0.25) is 0 Å². The highest BCUT2D eigenvalue weighted by molar-refractivity contribution is 9.10. The first kappa shape index (κ1) is 14.6. The van der Waals surface area contributed by atoms with E-state index < -0.39 is 0 Å². The number of nitrogens with zero attached hydrogens (tertiary/aromatic N) is 2. The first-order valence-electron chi connectivity index (χ1n) is 7.02. The summed E-state index contributed by atoms with van der Waals surface area (Å²) in [5, 5.41) is 2.10. The second-order valence-electron chi connectivity index (χ2n) is 5.24. The van der Waals surface area contributed by atoms with Gasteiger partial charge in [-0.3, -0.25) is 4.99 Å². The Labute approximate surface area is 137 Å². The first-order chi connectivity index (χ1) is 10.2. The molecule has 0 radical (unpaired) electrons. The van der Waals surface area contributed by atoms with E-state index >= 15 is 0 Å². The summed E-state index contributed by atoms with van der Waals surface area (Å²) in [5.74, 6) is 0.644. The summed E-state index contributed by atoms with van der Waals surface area (Å²) >= 11 is 5.33. The van der Waals surface area contributed by atoms with Crippen molar-refractivity contribution in [3.63, 3.8) is 0 Å². The number of hydrogen-bond acceptors (Lipinski definition) is 4. The Morgan fingerprint density at radius 1 is 1.38 bits per heavy atom. The average Bonchev–Trinajstić information content (AvgIpc) is 3.10. The van der Waals surface area contributed by atoms with Crippen molar-refractivity contribution in [3.8, 4) is 0 Å². The van der Waals surface area contributed by atoms with Crippen LogP contribution in [0.4, 0.5) is 0 Å². The summed E-state index contributed by atoms with van der Waals surface area (Å²) in [7, 11) is 0. The Kier molecular flexibility index (Phi) is 4.04. The maximum atomic E-state index is 6.19. The third-order valence-corrected chi connectivity index (χ3v) is 5.49. The van der Waals surface area contributed by atoms with Gasteiger partial charge in [0, 0.05) is 9.35 Å². The molecule has 21 heavy (non-hydrogen) atoms. The lowest BCUT2D eigenvalue weighted by atomic mass is 9.86. The molecule has 1 aliphatic heterocycles. The molecule has 0 fully saturated rings. The van der Waals surface area contributed by atoms with Crippen LogP contribution >= 0.6 is 27.3 Å². The van der Waals surface area contributed by atoms with E-state index in [0.29, 0.717) is 5.96 Å². The molecule has 3 rings (SSSR count). The van der Waals surface area contributed by atoms with Gasteiger partial charge >= 0.3 is 0 Å². The van der Waals surface area contributed by atoms with Gasteiger partial charge in [-0.15, -0.1) is 11.3 Å². The van der Waals surface area contributed by atoms with Crippen LogP contribution in [-0.4, -0.2) is 17.4 Å². The molecule has 2 heterocycles. The van der Waals surface area contributed by atoms with Crippen LogP contribution in [0, 0.1) is 0 Å². The lowest BCUT2D eigenvalue weighted by Gasteiger charge is -2.39. The van der Waals surface area contributed by atoms with Gasteiger partial charge in [0.25, 0.3) is 0 Å². The fraction of sp³-hybridized carbons (Fsp3) is 0.312. The number of hydrogen-bond donors (Lipinski definition) is 1. The molecule has 1 aromatic carbocycles. The average molecular weight is 364 g/mol. The number of thiophene rings is 1. The highest BCUT2D eigenvalue weighted by Crippen LogP contribution is 2.38. The number of nitrogens with two attached hydrogens (primary N) is 1. The molecule has 0 saturated carbocycles. The van der Waals surface area contributed by atoms with Crippen molar-refractivity contribution in [1.82, 2.24) is 4.90 Å². The van der Waals surface area contributed by atoms with Crippen LogP contribution in [-0.2, 0) is 12.1 Å². The van der Waals surface area contributed by atoms with Crippen LogP contribution in [0.25, 0.3) is 0 Å². The molecule has 3 nitrogen and oxygen atoms in total. The number of aliphatic imine (C=N–C) groups is 1. The second-order valence-corrected chi connectivity index (χ2v) is 7.18. The quantitative estimate of drug-likeness (QED) is 0.893. The normalized spacial score (nSPS) is 21.6. The van der Waals surface area contributed by atoms with E-state index in [2.05, 4.69) is 74.5 Å². The standard InChI is InChI=1S/C16H18BrN3S/c1-2-16(12-5-3-6-13(17)9-12)11-19-15(18)20(16)10-14-7-4-8-21-14/h3-9H,2,10-11H2,1H3,(H2,18,19). The topological polar surface area (TPSA) is 41.6 Å². The van der Waals surface area contributed by atoms with E-state index in [9.17, 15) is 0 Å². The molecule has 0 spiro atoms. The lowest BCUT2D eigenvalue weighted by Crippen LogP contribution is -2.48. The van der Waals surface area contributed by atoms with Crippen molar-refractivity contribution in [2.45, 2.75) is 25.4 Å². The van der Waals surface area contributed by atoms with Crippen LogP contribution in [0.5, 0.6) is 0 Å². The number of guanidine groups is 1. The summed E-state index contributed by atoms with van der Waals surface area (Å²) in [4.78, 5) is 8.10. The van der Waals surface area contributed by atoms with E-state index in [-0.39, 0.29) is 5.54 Å². The Balaban J connectivity index is 2.00. The number of halogens is 1. The van der Waals surface area contributed by atoms with Crippen molar-refractivity contribution < 1.29 is 0 Å². The molecule has 1 aliphatic rings. The minimum Gasteiger partial charge on any atom is -0.370 e. The van der Waals surface area contributed by atoms with Gasteiger partial charge in [0.1, 0.15) is 0 Å². The van der Waals surface area contributed by atoms with Gasteiger partial charge in [0.05, 0.1) is 18.6 Å². The van der Waals surface area contributed by atoms with Gasteiger partial charge in [-0.25, -0.2) is 0 Å². The third-order valence-electron chi connectivity index (χ3n) is 4.14. The molecule has 1 atom stereocenters. The Morgan fingerprint density at radius 3 is 2.90 bits per heavy atom. The maximum absolute atomic E-state index is 6.19. The summed E-state index contributed by atoms with van der Waals surface area (Å²) in [6.45, 7) is 3.74. The predicted octanol–water partition coefficient (Wildman–Crippen LogP) is 3.95. The lowest BCUT2D eigenvalue weighted by molar-refractivity contribution is 0.188. The molecule has 0 bridgehead atoms. The SMILES string of the molecule is CCC1(c2cccc(Br)c2)CN=C(N)N1Cc1cccs1. The largest absolute Gasteiger partial charge is 0.370 e. The van der Waals surface area contributed by atoms with Gasteiger partial charge in [-0.1, -0.05) is 41.1 Å². The maximum Gasteiger partial charge on any atom is 0.192 e. The third kappa shape index (κ3) is 2.60. The molecule has 0 saturated heterocycles. The Bertz CT molecular complexity index is 653. The molecule has 1 unspecified atom stereocenters. The van der Waals surface area contributed by atoms with Crippen molar-refractivity contribution in [3.05, 3.63) is 56.7 Å². The zero-order valence-electron chi connectivity index (χ0n) is 11.9. The molecule has 0 amide bonds. The highest BCUT2D eigenvalue weighted by atomic mass is 79.9. The van der Waals surface area contributed by atoms with E-state index in [0.717, 1.165) is 24.0 Å². The fourth-order valence-corrected chi connectivity index (χ4v) is 4.02. The van der Waals surface area contributed by atoms with Crippen LogP contribution in [0.1, 0.15) is 23.8 Å². The van der Waals surface area contributed by atoms with Gasteiger partial charge in [-0.2, -0.15) is 0 Å². The Hall–Kier alpha value is -1.33. The molecule has 1 aromatic heterocycles. The van der Waals surface area contributed by atoms with Crippen molar-refractivity contribution >= 4 is 33.2 Å². The van der Waals surface area contributed by atoms with E-state index in [1.807, 2.05) is 0 Å². The van der Waals surface area contributed by atoms with E-state index in [1.54, 1.807) is 11.3 Å². The highest BCUT2D eigenvalue weighted by Gasteiger charge is 2.42. The van der Waals surface area contributed by atoms with Crippen LogP contribution in [0.2, 0.25) is 0 Å². The van der Waals surface area contributed by atoms with Crippen molar-refractivity contribution in [1.29, 1.82) is 0 Å². The van der Waals surface area contributed by atoms with Gasteiger partial charge in [0.15, 0.2) is 5.96 Å². The van der Waals surface area contributed by atoms with Crippen LogP contribution in [0.15, 0.2) is 51.2 Å². The zero-order valence-corrected chi connectivity index (χ0v) is 14.3. The monoisotopic (exact) mass is 363 g/mol. The van der Waals surface area contributed by atoms with Gasteiger partial charge in [-0.05, 0) is 35.6 Å². The summed E-state index contributed by atoms with van der Waals surface area (Å²) in [5.41, 5.74) is 7.31. The van der Waals surface area contributed by atoms with E-state index in [1.165, 1.54) is 10.4 Å². The molecule has 2 N–H and O–H groups in total. The Morgan fingerprint density at radius 2 is 2.24 bits per heavy atom. The molecular weight excluding hydrogens is 346 g/mol. The molecule has 110 valence electrons. The van der Waals surface area contributed by atoms with Crippen molar-refractivity contribution in [2.75, 3.05) is 6.54 Å². The summed E-state index contributed by atoms with van der Waals surface area (Å²) in [6.07, 6.45) is 0.971. The van der Waals surface area contributed by atoms with Gasteiger partial charge < -0.3 is 10.6 Å². The minimum atomic E-state index is -0.141.